The molecule has 2 heterocycles. The Bertz CT molecular complexity index is 723. The van der Waals surface area contributed by atoms with E-state index in [1.165, 1.54) is 0 Å². The van der Waals surface area contributed by atoms with Gasteiger partial charge in [-0.3, -0.25) is 9.48 Å². The minimum atomic E-state index is 0.0962. The normalized spacial score (nSPS) is 17.3. The molecule has 0 unspecified atom stereocenters. The zero-order chi connectivity index (χ0) is 17.8. The number of aryl methyl sites for hydroxylation is 1. The van der Waals surface area contributed by atoms with Gasteiger partial charge in [-0.25, -0.2) is 0 Å². The van der Waals surface area contributed by atoms with Crippen molar-refractivity contribution in [1.82, 2.24) is 14.7 Å². The fourth-order valence-corrected chi connectivity index (χ4v) is 3.42. The minimum absolute atomic E-state index is 0.0962. The standard InChI is InChI=1S/C20H27N3O2/c1-15(2)25-19-9-5-4-7-17(19)11-20(24)23-10-6-8-18(23)14-22-13-16(3)12-21-22/h4-5,7,9,12-13,15,18H,6,8,10-11,14H2,1-3H3/t18-/m0/s1. The Kier molecular flexibility index (Phi) is 5.41. The predicted octanol–water partition coefficient (Wildman–Crippen LogP) is 3.21. The van der Waals surface area contributed by atoms with Crippen molar-refractivity contribution in [1.29, 1.82) is 0 Å². The maximum Gasteiger partial charge on any atom is 0.227 e. The number of para-hydroxylation sites is 1. The molecule has 134 valence electrons. The third-order valence-corrected chi connectivity index (χ3v) is 4.53. The van der Waals surface area contributed by atoms with Crippen LogP contribution >= 0.6 is 0 Å². The van der Waals surface area contributed by atoms with E-state index in [1.807, 2.05) is 67.0 Å². The van der Waals surface area contributed by atoms with E-state index in [4.69, 9.17) is 4.74 Å². The van der Waals surface area contributed by atoms with Crippen molar-refractivity contribution in [2.75, 3.05) is 6.54 Å². The smallest absolute Gasteiger partial charge is 0.227 e. The molecule has 1 atom stereocenters. The summed E-state index contributed by atoms with van der Waals surface area (Å²) in [5.74, 6) is 0.982. The molecule has 5 heteroatoms. The maximum atomic E-state index is 12.9. The van der Waals surface area contributed by atoms with Crippen molar-refractivity contribution >= 4 is 5.91 Å². The average Bonchev–Trinajstić information content (AvgIpc) is 3.18. The molecule has 0 N–H and O–H groups in total. The van der Waals surface area contributed by atoms with Crippen molar-refractivity contribution in [2.24, 2.45) is 0 Å². The van der Waals surface area contributed by atoms with Gasteiger partial charge >= 0.3 is 0 Å². The fourth-order valence-electron chi connectivity index (χ4n) is 3.42. The van der Waals surface area contributed by atoms with E-state index in [0.29, 0.717) is 6.42 Å². The number of ether oxygens (including phenoxy) is 1. The SMILES string of the molecule is Cc1cnn(C[C@@H]2CCCN2C(=O)Cc2ccccc2OC(C)C)c1. The van der Waals surface area contributed by atoms with Gasteiger partial charge in [-0.1, -0.05) is 18.2 Å². The maximum absolute atomic E-state index is 12.9. The topological polar surface area (TPSA) is 47.4 Å². The number of aromatic nitrogens is 2. The van der Waals surface area contributed by atoms with Crippen LogP contribution in [0.25, 0.3) is 0 Å². The van der Waals surface area contributed by atoms with Gasteiger partial charge in [0.2, 0.25) is 5.91 Å². The van der Waals surface area contributed by atoms with Crippen LogP contribution in [-0.4, -0.2) is 39.3 Å². The highest BCUT2D eigenvalue weighted by Crippen LogP contribution is 2.24. The van der Waals surface area contributed by atoms with Crippen molar-refractivity contribution < 1.29 is 9.53 Å². The minimum Gasteiger partial charge on any atom is -0.491 e. The summed E-state index contributed by atoms with van der Waals surface area (Å²) in [5, 5.41) is 4.36. The lowest BCUT2D eigenvalue weighted by atomic mass is 10.1. The molecule has 2 aromatic rings. The zero-order valence-electron chi connectivity index (χ0n) is 15.3. The van der Waals surface area contributed by atoms with Crippen LogP contribution in [0.4, 0.5) is 0 Å². The monoisotopic (exact) mass is 341 g/mol. The first-order chi connectivity index (χ1) is 12.0. The molecular weight excluding hydrogens is 314 g/mol. The van der Waals surface area contributed by atoms with Crippen LogP contribution < -0.4 is 4.74 Å². The van der Waals surface area contributed by atoms with Gasteiger partial charge in [0.1, 0.15) is 5.75 Å². The van der Waals surface area contributed by atoms with Gasteiger partial charge in [-0.05, 0) is 45.2 Å². The van der Waals surface area contributed by atoms with Crippen molar-refractivity contribution in [3.8, 4) is 5.75 Å². The van der Waals surface area contributed by atoms with Crippen LogP contribution in [0, 0.1) is 6.92 Å². The lowest BCUT2D eigenvalue weighted by molar-refractivity contribution is -0.131. The van der Waals surface area contributed by atoms with Gasteiger partial charge in [-0.15, -0.1) is 0 Å². The second-order valence-electron chi connectivity index (χ2n) is 7.07. The lowest BCUT2D eigenvalue weighted by Gasteiger charge is -2.25. The highest BCUT2D eigenvalue weighted by molar-refractivity contribution is 5.80. The highest BCUT2D eigenvalue weighted by atomic mass is 16.5. The van der Waals surface area contributed by atoms with E-state index >= 15 is 0 Å². The molecule has 5 nitrogen and oxygen atoms in total. The largest absolute Gasteiger partial charge is 0.491 e. The van der Waals surface area contributed by atoms with E-state index in [2.05, 4.69) is 5.10 Å². The molecule has 0 spiro atoms. The second kappa shape index (κ2) is 7.72. The van der Waals surface area contributed by atoms with Crippen molar-refractivity contribution in [3.05, 3.63) is 47.8 Å². The third-order valence-electron chi connectivity index (χ3n) is 4.53. The van der Waals surface area contributed by atoms with Gasteiger partial charge < -0.3 is 9.64 Å². The molecule has 25 heavy (non-hydrogen) atoms. The molecule has 1 amide bonds. The Labute approximate surface area is 149 Å². The molecule has 1 aliphatic rings. The number of carbonyl (C=O) groups excluding carboxylic acids is 1. The van der Waals surface area contributed by atoms with Crippen LogP contribution in [0.15, 0.2) is 36.7 Å². The van der Waals surface area contributed by atoms with E-state index in [1.54, 1.807) is 0 Å². The summed E-state index contributed by atoms with van der Waals surface area (Å²) in [6.07, 6.45) is 6.47. The Morgan fingerprint density at radius 1 is 1.36 bits per heavy atom. The van der Waals surface area contributed by atoms with Crippen LogP contribution in [-0.2, 0) is 17.8 Å². The summed E-state index contributed by atoms with van der Waals surface area (Å²) in [5.41, 5.74) is 2.11. The number of carbonyl (C=O) groups is 1. The summed E-state index contributed by atoms with van der Waals surface area (Å²) in [6, 6.07) is 8.06. The fraction of sp³-hybridized carbons (Fsp3) is 0.500. The first kappa shape index (κ1) is 17.5. The lowest BCUT2D eigenvalue weighted by Crippen LogP contribution is -2.39. The predicted molar refractivity (Wildman–Crippen MR) is 97.6 cm³/mol. The van der Waals surface area contributed by atoms with Crippen molar-refractivity contribution in [3.63, 3.8) is 0 Å². The number of rotatable bonds is 6. The summed E-state index contributed by atoms with van der Waals surface area (Å²) in [6.45, 7) is 7.63. The Hall–Kier alpha value is -2.30. The molecule has 0 saturated carbocycles. The number of nitrogens with zero attached hydrogens (tertiary/aromatic N) is 3. The summed E-state index contributed by atoms with van der Waals surface area (Å²) in [7, 11) is 0. The summed E-state index contributed by atoms with van der Waals surface area (Å²) < 4.78 is 7.80. The van der Waals surface area contributed by atoms with Crippen molar-refractivity contribution in [2.45, 2.75) is 58.7 Å². The molecule has 1 saturated heterocycles. The van der Waals surface area contributed by atoms with Gasteiger partial charge in [0.25, 0.3) is 0 Å². The molecular formula is C20H27N3O2. The van der Waals surface area contributed by atoms with Gasteiger partial charge in [-0.2, -0.15) is 5.10 Å². The van der Waals surface area contributed by atoms with E-state index in [9.17, 15) is 4.79 Å². The average molecular weight is 341 g/mol. The number of amides is 1. The van der Waals surface area contributed by atoms with E-state index in [0.717, 1.165) is 42.8 Å². The molecule has 0 radical (unpaired) electrons. The molecule has 0 bridgehead atoms. The molecule has 1 aliphatic heterocycles. The molecule has 1 aromatic carbocycles. The molecule has 1 fully saturated rings. The van der Waals surface area contributed by atoms with Gasteiger partial charge in [0.15, 0.2) is 0 Å². The number of hydrogen-bond donors (Lipinski definition) is 0. The van der Waals surface area contributed by atoms with E-state index in [-0.39, 0.29) is 18.1 Å². The van der Waals surface area contributed by atoms with Crippen LogP contribution in [0.3, 0.4) is 0 Å². The van der Waals surface area contributed by atoms with Gasteiger partial charge in [0.05, 0.1) is 31.3 Å². The Balaban J connectivity index is 1.68. The first-order valence-corrected chi connectivity index (χ1v) is 9.06. The van der Waals surface area contributed by atoms with Crippen LogP contribution in [0.1, 0.15) is 37.8 Å². The first-order valence-electron chi connectivity index (χ1n) is 9.06. The second-order valence-corrected chi connectivity index (χ2v) is 7.07. The quantitative estimate of drug-likeness (QED) is 0.810. The highest BCUT2D eigenvalue weighted by Gasteiger charge is 2.29. The van der Waals surface area contributed by atoms with E-state index < -0.39 is 0 Å². The molecule has 0 aliphatic carbocycles. The van der Waals surface area contributed by atoms with Crippen LogP contribution in [0.5, 0.6) is 5.75 Å². The number of hydrogen-bond acceptors (Lipinski definition) is 3. The Morgan fingerprint density at radius 3 is 2.88 bits per heavy atom. The molecule has 1 aromatic heterocycles. The summed E-state index contributed by atoms with van der Waals surface area (Å²) in [4.78, 5) is 14.9. The third kappa shape index (κ3) is 4.41. The number of benzene rings is 1. The zero-order valence-corrected chi connectivity index (χ0v) is 15.3. The number of likely N-dealkylation sites (tertiary alicyclic amines) is 1. The molecule has 3 rings (SSSR count). The van der Waals surface area contributed by atoms with Crippen LogP contribution in [0.2, 0.25) is 0 Å². The summed E-state index contributed by atoms with van der Waals surface area (Å²) >= 11 is 0. The Morgan fingerprint density at radius 2 is 2.16 bits per heavy atom. The van der Waals surface area contributed by atoms with Gasteiger partial charge in [0, 0.05) is 18.3 Å².